The Balaban J connectivity index is 1.94. The van der Waals surface area contributed by atoms with Crippen molar-refractivity contribution in [1.29, 1.82) is 0 Å². The highest BCUT2D eigenvalue weighted by Gasteiger charge is 2.22. The molecule has 1 N–H and O–H groups in total. The van der Waals surface area contributed by atoms with E-state index >= 15 is 0 Å². The van der Waals surface area contributed by atoms with E-state index in [1.165, 1.54) is 16.0 Å². The second-order valence-corrected chi connectivity index (χ2v) is 8.58. The minimum atomic E-state index is 0.323. The van der Waals surface area contributed by atoms with Crippen LogP contribution in [0.4, 0.5) is 5.82 Å². The van der Waals surface area contributed by atoms with Crippen LogP contribution in [-0.4, -0.2) is 36.1 Å². The van der Waals surface area contributed by atoms with Crippen molar-refractivity contribution in [3.8, 4) is 11.1 Å². The van der Waals surface area contributed by atoms with E-state index in [1.54, 1.807) is 11.3 Å². The average molecular weight is 438 g/mol. The molecule has 3 heterocycles. The van der Waals surface area contributed by atoms with Gasteiger partial charge in [-0.3, -0.25) is 0 Å². The fourth-order valence-corrected chi connectivity index (χ4v) is 4.84. The highest BCUT2D eigenvalue weighted by molar-refractivity contribution is 9.10. The van der Waals surface area contributed by atoms with Crippen molar-refractivity contribution in [3.63, 3.8) is 0 Å². The summed E-state index contributed by atoms with van der Waals surface area (Å²) in [6.07, 6.45) is 1.10. The molecule has 0 amide bonds. The molecule has 2 aromatic heterocycles. The van der Waals surface area contributed by atoms with Gasteiger partial charge in [-0.2, -0.15) is 4.98 Å². The second kappa shape index (κ2) is 7.19. The Morgan fingerprint density at radius 2 is 1.96 bits per heavy atom. The number of nitrogens with one attached hydrogen (secondary N) is 1. The Kier molecular flexibility index (Phi) is 4.95. The quantitative estimate of drug-likeness (QED) is 0.580. The van der Waals surface area contributed by atoms with Crippen LogP contribution in [0.5, 0.6) is 0 Å². The van der Waals surface area contributed by atoms with Crippen LogP contribution in [-0.2, 0) is 0 Å². The number of aryl methyl sites for hydroxylation is 1. The molecule has 1 aliphatic heterocycles. The number of halogens is 2. The molecular formula is C18H18BrClN4S. The third-order valence-corrected chi connectivity index (χ3v) is 6.15. The van der Waals surface area contributed by atoms with Crippen LogP contribution in [0.2, 0.25) is 5.28 Å². The van der Waals surface area contributed by atoms with Gasteiger partial charge < -0.3 is 10.2 Å². The van der Waals surface area contributed by atoms with Gasteiger partial charge in [-0.05, 0) is 49.2 Å². The van der Waals surface area contributed by atoms with Crippen molar-refractivity contribution in [1.82, 2.24) is 15.3 Å². The van der Waals surface area contributed by atoms with Crippen LogP contribution in [0.1, 0.15) is 11.3 Å². The molecule has 0 radical (unpaired) electrons. The smallest absolute Gasteiger partial charge is 0.225 e. The van der Waals surface area contributed by atoms with E-state index in [4.69, 9.17) is 11.6 Å². The molecule has 0 atom stereocenters. The molecule has 1 aliphatic rings. The topological polar surface area (TPSA) is 41.1 Å². The van der Waals surface area contributed by atoms with Gasteiger partial charge >= 0.3 is 0 Å². The van der Waals surface area contributed by atoms with Crippen molar-refractivity contribution in [2.45, 2.75) is 13.3 Å². The summed E-state index contributed by atoms with van der Waals surface area (Å²) in [5.74, 6) is 0.959. The van der Waals surface area contributed by atoms with Gasteiger partial charge in [0, 0.05) is 34.5 Å². The molecule has 0 saturated carbocycles. The predicted octanol–water partition coefficient (Wildman–Crippen LogP) is 4.88. The molecule has 4 nitrogen and oxygen atoms in total. The van der Waals surface area contributed by atoms with Gasteiger partial charge in [-0.25, -0.2) is 4.98 Å². The van der Waals surface area contributed by atoms with Crippen molar-refractivity contribution in [3.05, 3.63) is 38.9 Å². The van der Waals surface area contributed by atoms with Crippen LogP contribution in [0.15, 0.2) is 28.7 Å². The van der Waals surface area contributed by atoms with E-state index < -0.39 is 0 Å². The Bertz CT molecular complexity index is 902. The van der Waals surface area contributed by atoms with Crippen LogP contribution in [0, 0.1) is 6.92 Å². The van der Waals surface area contributed by atoms with E-state index in [0.29, 0.717) is 5.28 Å². The van der Waals surface area contributed by atoms with Crippen LogP contribution in [0.25, 0.3) is 21.3 Å². The van der Waals surface area contributed by atoms with Crippen LogP contribution < -0.4 is 10.2 Å². The fourth-order valence-electron chi connectivity index (χ4n) is 3.32. The Morgan fingerprint density at radius 3 is 2.76 bits per heavy atom. The second-order valence-electron chi connectivity index (χ2n) is 6.13. The van der Waals surface area contributed by atoms with Crippen LogP contribution >= 0.6 is 38.9 Å². The zero-order valence-electron chi connectivity index (χ0n) is 13.9. The van der Waals surface area contributed by atoms with E-state index in [2.05, 4.69) is 67.3 Å². The first-order valence-corrected chi connectivity index (χ1v) is 10.3. The molecule has 4 rings (SSSR count). The first-order chi connectivity index (χ1) is 12.1. The van der Waals surface area contributed by atoms with Gasteiger partial charge in [-0.1, -0.05) is 28.1 Å². The zero-order chi connectivity index (χ0) is 17.4. The van der Waals surface area contributed by atoms with E-state index in [1.807, 2.05) is 0 Å². The maximum atomic E-state index is 6.25. The molecule has 1 saturated heterocycles. The fraction of sp³-hybridized carbons (Fsp3) is 0.333. The summed E-state index contributed by atoms with van der Waals surface area (Å²) >= 11 is 11.5. The lowest BCUT2D eigenvalue weighted by Gasteiger charge is -2.22. The molecule has 1 aromatic carbocycles. The molecule has 7 heteroatoms. The minimum absolute atomic E-state index is 0.323. The third-order valence-electron chi connectivity index (χ3n) is 4.45. The van der Waals surface area contributed by atoms with Gasteiger partial charge in [-0.15, -0.1) is 11.3 Å². The molecule has 0 bridgehead atoms. The maximum absolute atomic E-state index is 6.25. The van der Waals surface area contributed by atoms with Crippen molar-refractivity contribution in [2.24, 2.45) is 0 Å². The molecular weight excluding hydrogens is 420 g/mol. The molecule has 0 spiro atoms. The molecule has 3 aromatic rings. The predicted molar refractivity (Wildman–Crippen MR) is 110 cm³/mol. The van der Waals surface area contributed by atoms with Gasteiger partial charge in [0.05, 0.1) is 5.39 Å². The number of hydrogen-bond acceptors (Lipinski definition) is 5. The van der Waals surface area contributed by atoms with E-state index in [-0.39, 0.29) is 0 Å². The Hall–Kier alpha value is -1.21. The monoisotopic (exact) mass is 436 g/mol. The molecule has 25 heavy (non-hydrogen) atoms. The standard InChI is InChI=1S/C18H18BrClN4S/c1-11-14(12-3-5-13(19)6-4-12)15-16(22-18(20)23-17(15)25-11)24-9-2-7-21-8-10-24/h3-6,21H,2,7-10H2,1H3. The first-order valence-electron chi connectivity index (χ1n) is 8.32. The van der Waals surface area contributed by atoms with Gasteiger partial charge in [0.1, 0.15) is 10.6 Å². The molecule has 0 aliphatic carbocycles. The molecule has 1 fully saturated rings. The number of hydrogen-bond donors (Lipinski definition) is 1. The summed E-state index contributed by atoms with van der Waals surface area (Å²) in [5, 5.41) is 4.89. The summed E-state index contributed by atoms with van der Waals surface area (Å²) in [5.41, 5.74) is 2.41. The maximum Gasteiger partial charge on any atom is 0.225 e. The number of anilines is 1. The van der Waals surface area contributed by atoms with Crippen molar-refractivity contribution in [2.75, 3.05) is 31.1 Å². The first kappa shape index (κ1) is 17.2. The summed E-state index contributed by atoms with van der Waals surface area (Å²) in [6, 6.07) is 8.43. The number of thiophene rings is 1. The SMILES string of the molecule is Cc1sc2nc(Cl)nc(N3CCCNCC3)c2c1-c1ccc(Br)cc1. The minimum Gasteiger partial charge on any atom is -0.355 e. The number of benzene rings is 1. The number of fused-ring (bicyclic) bond motifs is 1. The third kappa shape index (κ3) is 3.40. The lowest BCUT2D eigenvalue weighted by Crippen LogP contribution is -2.28. The lowest BCUT2D eigenvalue weighted by atomic mass is 10.0. The summed E-state index contributed by atoms with van der Waals surface area (Å²) in [4.78, 5) is 13.7. The van der Waals surface area contributed by atoms with E-state index in [0.717, 1.165) is 53.1 Å². The van der Waals surface area contributed by atoms with Crippen LogP contribution in [0.3, 0.4) is 0 Å². The van der Waals surface area contributed by atoms with Gasteiger partial charge in [0.15, 0.2) is 0 Å². The average Bonchev–Trinajstić information content (AvgIpc) is 2.77. The van der Waals surface area contributed by atoms with Gasteiger partial charge in [0.2, 0.25) is 5.28 Å². The number of rotatable bonds is 2. The Labute approximate surface area is 164 Å². The summed E-state index contributed by atoms with van der Waals surface area (Å²) in [7, 11) is 0. The molecule has 0 unspecified atom stereocenters. The van der Waals surface area contributed by atoms with Crippen molar-refractivity contribution < 1.29 is 0 Å². The molecule has 130 valence electrons. The zero-order valence-corrected chi connectivity index (χ0v) is 17.0. The highest BCUT2D eigenvalue weighted by atomic mass is 79.9. The number of aromatic nitrogens is 2. The highest BCUT2D eigenvalue weighted by Crippen LogP contribution is 2.42. The Morgan fingerprint density at radius 1 is 1.16 bits per heavy atom. The number of nitrogens with zero attached hydrogens (tertiary/aromatic N) is 3. The van der Waals surface area contributed by atoms with E-state index in [9.17, 15) is 0 Å². The summed E-state index contributed by atoms with van der Waals surface area (Å²) in [6.45, 7) is 6.05. The lowest BCUT2D eigenvalue weighted by molar-refractivity contribution is 0.724. The normalized spacial score (nSPS) is 15.6. The summed E-state index contributed by atoms with van der Waals surface area (Å²) < 4.78 is 1.08. The largest absolute Gasteiger partial charge is 0.355 e. The van der Waals surface area contributed by atoms with Gasteiger partial charge in [0.25, 0.3) is 0 Å². The van der Waals surface area contributed by atoms with Crippen molar-refractivity contribution >= 4 is 54.9 Å².